The molecule has 0 aliphatic rings. The minimum absolute atomic E-state index is 0.349. The zero-order chi connectivity index (χ0) is 15.5. The molecule has 21 heavy (non-hydrogen) atoms. The lowest BCUT2D eigenvalue weighted by Crippen LogP contribution is -2.18. The van der Waals surface area contributed by atoms with Crippen molar-refractivity contribution in [3.8, 4) is 0 Å². The van der Waals surface area contributed by atoms with Crippen molar-refractivity contribution in [1.29, 1.82) is 0 Å². The molecule has 116 valence electrons. The number of hydrogen-bond acceptors (Lipinski definition) is 2. The average molecular weight is 287 g/mol. The molecule has 2 heterocycles. The third kappa shape index (κ3) is 4.57. The third-order valence-corrected chi connectivity index (χ3v) is 3.69. The summed E-state index contributed by atoms with van der Waals surface area (Å²) in [6.45, 7) is 14.3. The van der Waals surface area contributed by atoms with Crippen LogP contribution in [0.5, 0.6) is 0 Å². The Morgan fingerprint density at radius 3 is 2.71 bits per heavy atom. The van der Waals surface area contributed by atoms with Gasteiger partial charge >= 0.3 is 0 Å². The van der Waals surface area contributed by atoms with E-state index in [-0.39, 0.29) is 0 Å². The Kier molecular flexibility index (Phi) is 5.04. The van der Waals surface area contributed by atoms with Gasteiger partial charge in [-0.2, -0.15) is 0 Å². The largest absolute Gasteiger partial charge is 0.332 e. The lowest BCUT2D eigenvalue weighted by molar-refractivity contribution is 0.352. The number of nitrogens with zero attached hydrogens (tertiary/aromatic N) is 2. The number of rotatable bonds is 6. The highest BCUT2D eigenvalue weighted by molar-refractivity contribution is 5.80. The maximum absolute atomic E-state index is 4.58. The van der Waals surface area contributed by atoms with Crippen molar-refractivity contribution < 1.29 is 0 Å². The second-order valence-corrected chi connectivity index (χ2v) is 7.56. The van der Waals surface area contributed by atoms with Crippen LogP contribution >= 0.6 is 0 Å². The molecule has 3 heteroatoms. The van der Waals surface area contributed by atoms with Gasteiger partial charge in [-0.25, -0.2) is 4.98 Å². The summed E-state index contributed by atoms with van der Waals surface area (Å²) in [7, 11) is 0. The summed E-state index contributed by atoms with van der Waals surface area (Å²) < 4.78 is 2.31. The van der Waals surface area contributed by atoms with Crippen LogP contribution in [0.1, 0.15) is 46.6 Å². The van der Waals surface area contributed by atoms with Crippen LogP contribution in [0.15, 0.2) is 24.5 Å². The molecular weight excluding hydrogens is 258 g/mol. The summed E-state index contributed by atoms with van der Waals surface area (Å²) in [5, 5.41) is 4.82. The van der Waals surface area contributed by atoms with Crippen molar-refractivity contribution in [1.82, 2.24) is 14.9 Å². The summed E-state index contributed by atoms with van der Waals surface area (Å²) in [5.74, 6) is 0.678. The molecule has 0 aliphatic carbocycles. The highest BCUT2D eigenvalue weighted by Crippen LogP contribution is 2.24. The van der Waals surface area contributed by atoms with E-state index in [1.807, 2.05) is 12.3 Å². The first kappa shape index (κ1) is 16.0. The summed E-state index contributed by atoms with van der Waals surface area (Å²) in [5.41, 5.74) is 2.82. The van der Waals surface area contributed by atoms with Crippen LogP contribution in [0.25, 0.3) is 11.0 Å². The zero-order valence-electron chi connectivity index (χ0n) is 14.1. The molecule has 1 N–H and O–H groups in total. The number of nitrogens with one attached hydrogen (secondary N) is 1. The van der Waals surface area contributed by atoms with Gasteiger partial charge in [0.25, 0.3) is 0 Å². The topological polar surface area (TPSA) is 29.9 Å². The summed E-state index contributed by atoms with van der Waals surface area (Å²) >= 11 is 0. The van der Waals surface area contributed by atoms with E-state index >= 15 is 0 Å². The fraction of sp³-hybridized carbons (Fsp3) is 0.611. The van der Waals surface area contributed by atoms with Crippen LogP contribution in [0.2, 0.25) is 0 Å². The van der Waals surface area contributed by atoms with Crippen molar-refractivity contribution >= 4 is 11.0 Å². The van der Waals surface area contributed by atoms with Gasteiger partial charge < -0.3 is 9.88 Å². The molecule has 0 radical (unpaired) electrons. The predicted molar refractivity (Wildman–Crippen MR) is 90.3 cm³/mol. The first-order valence-corrected chi connectivity index (χ1v) is 8.00. The molecule has 0 saturated heterocycles. The number of pyridine rings is 1. The van der Waals surface area contributed by atoms with Gasteiger partial charge in [0.2, 0.25) is 0 Å². The molecule has 0 aliphatic heterocycles. The average Bonchev–Trinajstić information content (AvgIpc) is 2.74. The molecule has 2 rings (SSSR count). The molecule has 0 bridgehead atoms. The van der Waals surface area contributed by atoms with Crippen molar-refractivity contribution in [2.24, 2.45) is 11.3 Å². The van der Waals surface area contributed by atoms with Crippen LogP contribution in [-0.2, 0) is 13.1 Å². The van der Waals surface area contributed by atoms with Crippen molar-refractivity contribution in [3.63, 3.8) is 0 Å². The van der Waals surface area contributed by atoms with Crippen LogP contribution in [-0.4, -0.2) is 16.1 Å². The molecule has 0 unspecified atom stereocenters. The van der Waals surface area contributed by atoms with E-state index in [1.165, 1.54) is 10.9 Å². The highest BCUT2D eigenvalue weighted by Gasteiger charge is 2.13. The van der Waals surface area contributed by atoms with Crippen molar-refractivity contribution in [2.75, 3.05) is 6.54 Å². The van der Waals surface area contributed by atoms with E-state index in [4.69, 9.17) is 0 Å². The normalized spacial score (nSPS) is 12.5. The maximum Gasteiger partial charge on any atom is 0.140 e. The number of aryl methyl sites for hydroxylation is 1. The number of aromatic nitrogens is 2. The first-order valence-electron chi connectivity index (χ1n) is 8.00. The molecule has 0 atom stereocenters. The monoisotopic (exact) mass is 287 g/mol. The van der Waals surface area contributed by atoms with E-state index in [1.54, 1.807) is 0 Å². The summed E-state index contributed by atoms with van der Waals surface area (Å²) in [4.78, 5) is 4.58. The van der Waals surface area contributed by atoms with Gasteiger partial charge in [0.15, 0.2) is 0 Å². The Balaban J connectivity index is 2.18. The smallest absolute Gasteiger partial charge is 0.140 e. The lowest BCUT2D eigenvalue weighted by Gasteiger charge is -2.18. The second-order valence-electron chi connectivity index (χ2n) is 7.56. The molecule has 0 fully saturated rings. The van der Waals surface area contributed by atoms with Crippen LogP contribution in [0.3, 0.4) is 0 Å². The first-order chi connectivity index (χ1) is 9.87. The Bertz CT molecular complexity index is 576. The maximum atomic E-state index is 4.58. The van der Waals surface area contributed by atoms with E-state index in [9.17, 15) is 0 Å². The van der Waals surface area contributed by atoms with Gasteiger partial charge in [0, 0.05) is 30.9 Å². The molecule has 0 spiro atoms. The van der Waals surface area contributed by atoms with E-state index in [0.29, 0.717) is 11.3 Å². The van der Waals surface area contributed by atoms with E-state index in [2.05, 4.69) is 61.7 Å². The molecule has 0 saturated carbocycles. The standard InChI is InChI=1S/C18H29N3/c1-14(2)11-19-12-15-13-21(10-8-18(3,4)5)17-16(15)7-6-9-20-17/h6-7,9,13-14,19H,8,10-12H2,1-5H3. The Morgan fingerprint density at radius 1 is 1.29 bits per heavy atom. The van der Waals surface area contributed by atoms with Gasteiger partial charge in [-0.05, 0) is 42.0 Å². The van der Waals surface area contributed by atoms with Crippen LogP contribution < -0.4 is 5.32 Å². The van der Waals surface area contributed by atoms with Gasteiger partial charge in [-0.15, -0.1) is 0 Å². The molecule has 2 aromatic heterocycles. The van der Waals surface area contributed by atoms with Gasteiger partial charge in [0.05, 0.1) is 0 Å². The lowest BCUT2D eigenvalue weighted by atomic mass is 9.92. The van der Waals surface area contributed by atoms with Gasteiger partial charge in [-0.3, -0.25) is 0 Å². The van der Waals surface area contributed by atoms with E-state index < -0.39 is 0 Å². The zero-order valence-corrected chi connectivity index (χ0v) is 14.1. The Labute approximate surface area is 128 Å². The predicted octanol–water partition coefficient (Wildman–Crippen LogP) is 4.22. The van der Waals surface area contributed by atoms with Crippen LogP contribution in [0.4, 0.5) is 0 Å². The highest BCUT2D eigenvalue weighted by atomic mass is 15.0. The van der Waals surface area contributed by atoms with Crippen molar-refractivity contribution in [2.45, 2.75) is 54.1 Å². The van der Waals surface area contributed by atoms with Crippen molar-refractivity contribution in [3.05, 3.63) is 30.1 Å². The van der Waals surface area contributed by atoms with Gasteiger partial charge in [0.1, 0.15) is 5.65 Å². The fourth-order valence-electron chi connectivity index (χ4n) is 2.46. The minimum atomic E-state index is 0.349. The summed E-state index contributed by atoms with van der Waals surface area (Å²) in [6, 6.07) is 4.21. The minimum Gasteiger partial charge on any atom is -0.332 e. The summed E-state index contributed by atoms with van der Waals surface area (Å²) in [6.07, 6.45) is 5.32. The molecule has 3 nitrogen and oxygen atoms in total. The van der Waals surface area contributed by atoms with Gasteiger partial charge in [-0.1, -0.05) is 34.6 Å². The molecule has 2 aromatic rings. The molecule has 0 aromatic carbocycles. The fourth-order valence-corrected chi connectivity index (χ4v) is 2.46. The number of fused-ring (bicyclic) bond motifs is 1. The second kappa shape index (κ2) is 6.61. The van der Waals surface area contributed by atoms with Crippen LogP contribution in [0, 0.1) is 11.3 Å². The Hall–Kier alpha value is -1.35. The molecule has 0 amide bonds. The third-order valence-electron chi connectivity index (χ3n) is 3.69. The molecular formula is C18H29N3. The van der Waals surface area contributed by atoms with E-state index in [0.717, 1.165) is 31.7 Å². The Morgan fingerprint density at radius 2 is 2.05 bits per heavy atom. The SMILES string of the molecule is CC(C)CNCc1cn(CCC(C)(C)C)c2ncccc12. The quantitative estimate of drug-likeness (QED) is 0.862. The number of hydrogen-bond donors (Lipinski definition) is 1.